The van der Waals surface area contributed by atoms with Gasteiger partial charge in [0.25, 0.3) is 5.69 Å². The highest BCUT2D eigenvalue weighted by Gasteiger charge is 2.15. The summed E-state index contributed by atoms with van der Waals surface area (Å²) in [7, 11) is -3.87. The molecule has 0 fully saturated rings. The molecule has 6 nitrogen and oxygen atoms in total. The second-order valence-electron chi connectivity index (χ2n) is 2.77. The summed E-state index contributed by atoms with van der Waals surface area (Å²) in [5, 5.41) is 10.3. The van der Waals surface area contributed by atoms with E-state index in [2.05, 4.69) is 4.18 Å². The number of nitrogens with zero attached hydrogens (tertiary/aromatic N) is 1. The van der Waals surface area contributed by atoms with Gasteiger partial charge in [0, 0.05) is 12.1 Å². The van der Waals surface area contributed by atoms with E-state index in [0.29, 0.717) is 0 Å². The number of rotatable bonds is 4. The summed E-state index contributed by atoms with van der Waals surface area (Å²) in [6.07, 6.45) is 2.44. The first-order chi connectivity index (χ1) is 7.47. The first-order valence-electron chi connectivity index (χ1n) is 4.26. The number of hydrogen-bond donors (Lipinski definition) is 0. The van der Waals surface area contributed by atoms with Crippen molar-refractivity contribution < 1.29 is 17.5 Å². The predicted molar refractivity (Wildman–Crippen MR) is 56.2 cm³/mol. The van der Waals surface area contributed by atoms with Gasteiger partial charge in [-0.25, -0.2) is 0 Å². The van der Waals surface area contributed by atoms with Crippen LogP contribution in [0.15, 0.2) is 41.5 Å². The summed E-state index contributed by atoms with van der Waals surface area (Å²) in [5.74, 6) is 0. The van der Waals surface area contributed by atoms with E-state index in [4.69, 9.17) is 0 Å². The van der Waals surface area contributed by atoms with E-state index in [0.717, 1.165) is 30.5 Å². The molecule has 0 aliphatic heterocycles. The van der Waals surface area contributed by atoms with Crippen molar-refractivity contribution in [3.8, 4) is 0 Å². The van der Waals surface area contributed by atoms with Crippen molar-refractivity contribution in [1.82, 2.24) is 0 Å². The fourth-order valence-corrected chi connectivity index (χ4v) is 1.76. The van der Waals surface area contributed by atoms with E-state index >= 15 is 0 Å². The minimum atomic E-state index is -3.87. The molecule has 0 saturated carbocycles. The molecule has 86 valence electrons. The number of hydrogen-bond acceptors (Lipinski definition) is 5. The number of nitro benzene ring substituents is 1. The van der Waals surface area contributed by atoms with Gasteiger partial charge in [-0.05, 0) is 19.1 Å². The Labute approximate surface area is 92.4 Å². The Morgan fingerprint density at radius 2 is 1.88 bits per heavy atom. The lowest BCUT2D eigenvalue weighted by Crippen LogP contribution is -2.02. The Kier molecular flexibility index (Phi) is 3.62. The molecule has 0 aromatic heterocycles. The van der Waals surface area contributed by atoms with Gasteiger partial charge < -0.3 is 4.18 Å². The minimum Gasteiger partial charge on any atom is -0.387 e. The van der Waals surface area contributed by atoms with Crippen LogP contribution >= 0.6 is 0 Å². The van der Waals surface area contributed by atoms with E-state index in [1.807, 2.05) is 0 Å². The fourth-order valence-electron chi connectivity index (χ4n) is 0.919. The third-order valence-corrected chi connectivity index (χ3v) is 2.87. The second kappa shape index (κ2) is 4.75. The van der Waals surface area contributed by atoms with Crippen LogP contribution in [-0.4, -0.2) is 13.3 Å². The molecular weight excluding hydrogens is 234 g/mol. The Morgan fingerprint density at radius 1 is 1.31 bits per heavy atom. The van der Waals surface area contributed by atoms with E-state index in [9.17, 15) is 18.5 Å². The van der Waals surface area contributed by atoms with Crippen LogP contribution in [0.2, 0.25) is 0 Å². The van der Waals surface area contributed by atoms with Crippen molar-refractivity contribution in [1.29, 1.82) is 0 Å². The van der Waals surface area contributed by atoms with E-state index in [-0.39, 0.29) is 10.6 Å². The predicted octanol–water partition coefficient (Wildman–Crippen LogP) is 1.83. The van der Waals surface area contributed by atoms with Crippen LogP contribution in [0, 0.1) is 10.1 Å². The lowest BCUT2D eigenvalue weighted by atomic mass is 10.3. The molecule has 0 aliphatic carbocycles. The van der Waals surface area contributed by atoms with Gasteiger partial charge in [-0.2, -0.15) is 8.42 Å². The summed E-state index contributed by atoms with van der Waals surface area (Å²) >= 11 is 0. The molecular formula is C9H9NO5S. The van der Waals surface area contributed by atoms with Crippen LogP contribution < -0.4 is 0 Å². The third-order valence-electron chi connectivity index (χ3n) is 1.65. The smallest absolute Gasteiger partial charge is 0.338 e. The monoisotopic (exact) mass is 243 g/mol. The summed E-state index contributed by atoms with van der Waals surface area (Å²) < 4.78 is 27.3. The van der Waals surface area contributed by atoms with Gasteiger partial charge in [0.05, 0.1) is 4.92 Å². The van der Waals surface area contributed by atoms with Gasteiger partial charge in [-0.3, -0.25) is 10.1 Å². The lowest BCUT2D eigenvalue weighted by Gasteiger charge is -2.01. The van der Waals surface area contributed by atoms with Crippen LogP contribution in [0.25, 0.3) is 0 Å². The number of benzene rings is 1. The summed E-state index contributed by atoms with van der Waals surface area (Å²) in [5.41, 5.74) is -0.176. The van der Waals surface area contributed by atoms with E-state index in [1.165, 1.54) is 6.08 Å². The van der Waals surface area contributed by atoms with E-state index < -0.39 is 15.0 Å². The first kappa shape index (κ1) is 12.2. The van der Waals surface area contributed by atoms with Crippen molar-refractivity contribution in [2.24, 2.45) is 0 Å². The SMILES string of the molecule is C/C=C/OS(=O)(=O)c1ccc([N+](=O)[O-])cc1. The molecule has 0 bridgehead atoms. The van der Waals surface area contributed by atoms with Gasteiger partial charge in [-0.1, -0.05) is 6.08 Å². The van der Waals surface area contributed by atoms with Gasteiger partial charge in [-0.15, -0.1) is 0 Å². The summed E-state index contributed by atoms with van der Waals surface area (Å²) in [6, 6.07) is 4.45. The third kappa shape index (κ3) is 2.80. The zero-order chi connectivity index (χ0) is 12.2. The minimum absolute atomic E-state index is 0.129. The number of non-ortho nitro benzene ring substituents is 1. The molecule has 0 atom stereocenters. The van der Waals surface area contributed by atoms with Crippen LogP contribution in [-0.2, 0) is 14.3 Å². The van der Waals surface area contributed by atoms with Gasteiger partial charge in [0.1, 0.15) is 11.2 Å². The molecule has 0 radical (unpaired) electrons. The number of allylic oxidation sites excluding steroid dienone is 1. The van der Waals surface area contributed by atoms with Crippen molar-refractivity contribution in [2.75, 3.05) is 0 Å². The average Bonchev–Trinajstić information content (AvgIpc) is 2.26. The van der Waals surface area contributed by atoms with Crippen molar-refractivity contribution in [3.05, 3.63) is 46.7 Å². The molecule has 0 aliphatic rings. The van der Waals surface area contributed by atoms with E-state index in [1.54, 1.807) is 6.92 Å². The molecule has 0 unspecified atom stereocenters. The molecule has 1 rings (SSSR count). The van der Waals surface area contributed by atoms with Gasteiger partial charge in [0.15, 0.2) is 0 Å². The fraction of sp³-hybridized carbons (Fsp3) is 0.111. The Balaban J connectivity index is 3.02. The summed E-state index contributed by atoms with van der Waals surface area (Å²) in [4.78, 5) is 9.61. The largest absolute Gasteiger partial charge is 0.387 e. The standard InChI is InChI=1S/C9H9NO5S/c1-2-7-15-16(13,14)9-5-3-8(4-6-9)10(11)12/h2-7H,1H3/b7-2+. The van der Waals surface area contributed by atoms with Crippen molar-refractivity contribution in [3.63, 3.8) is 0 Å². The molecule has 0 N–H and O–H groups in total. The Bertz CT molecular complexity index is 503. The zero-order valence-corrected chi connectivity index (χ0v) is 9.18. The van der Waals surface area contributed by atoms with Gasteiger partial charge in [0.2, 0.25) is 0 Å². The molecule has 0 saturated heterocycles. The normalized spacial score (nSPS) is 11.6. The Morgan fingerprint density at radius 3 is 2.31 bits per heavy atom. The topological polar surface area (TPSA) is 86.5 Å². The highest BCUT2D eigenvalue weighted by molar-refractivity contribution is 7.86. The number of nitro groups is 1. The molecule has 0 heterocycles. The van der Waals surface area contributed by atoms with Gasteiger partial charge >= 0.3 is 10.1 Å². The second-order valence-corrected chi connectivity index (χ2v) is 4.34. The Hall–Kier alpha value is -1.89. The average molecular weight is 243 g/mol. The van der Waals surface area contributed by atoms with Crippen LogP contribution in [0.1, 0.15) is 6.92 Å². The maximum atomic E-state index is 11.4. The lowest BCUT2D eigenvalue weighted by molar-refractivity contribution is -0.384. The molecule has 16 heavy (non-hydrogen) atoms. The molecule has 0 amide bonds. The highest BCUT2D eigenvalue weighted by Crippen LogP contribution is 2.17. The zero-order valence-electron chi connectivity index (χ0n) is 8.36. The van der Waals surface area contributed by atoms with Crippen LogP contribution in [0.3, 0.4) is 0 Å². The molecule has 1 aromatic carbocycles. The highest BCUT2D eigenvalue weighted by atomic mass is 32.2. The quantitative estimate of drug-likeness (QED) is 0.348. The van der Waals surface area contributed by atoms with Crippen LogP contribution in [0.4, 0.5) is 5.69 Å². The van der Waals surface area contributed by atoms with Crippen LogP contribution in [0.5, 0.6) is 0 Å². The van der Waals surface area contributed by atoms with Crippen molar-refractivity contribution >= 4 is 15.8 Å². The maximum Gasteiger partial charge on any atom is 0.338 e. The molecule has 7 heteroatoms. The maximum absolute atomic E-state index is 11.4. The molecule has 0 spiro atoms. The van der Waals surface area contributed by atoms with Crippen molar-refractivity contribution in [2.45, 2.75) is 11.8 Å². The molecule has 1 aromatic rings. The summed E-state index contributed by atoms with van der Waals surface area (Å²) in [6.45, 7) is 1.60. The first-order valence-corrected chi connectivity index (χ1v) is 5.67.